The summed E-state index contributed by atoms with van der Waals surface area (Å²) in [4.78, 5) is 0. The van der Waals surface area contributed by atoms with Gasteiger partial charge in [0.15, 0.2) is 0 Å². The molecule has 0 heterocycles. The minimum absolute atomic E-state index is 0.00816. The summed E-state index contributed by atoms with van der Waals surface area (Å²) in [5.41, 5.74) is 5.32. The van der Waals surface area contributed by atoms with Crippen molar-refractivity contribution in [2.45, 2.75) is 25.7 Å². The molecule has 0 bridgehead atoms. The Balaban J connectivity index is 2.12. The van der Waals surface area contributed by atoms with Crippen molar-refractivity contribution in [1.82, 2.24) is 0 Å². The van der Waals surface area contributed by atoms with Gasteiger partial charge < -0.3 is 9.94 Å². The maximum absolute atomic E-state index is 9.17. The second-order valence-corrected chi connectivity index (χ2v) is 6.10. The maximum atomic E-state index is 9.17. The molecule has 0 saturated heterocycles. The van der Waals surface area contributed by atoms with E-state index in [-0.39, 0.29) is 5.41 Å². The Hall–Kier alpha value is -2.29. The van der Waals surface area contributed by atoms with Crippen molar-refractivity contribution in [2.24, 2.45) is 5.16 Å². The molecule has 2 aromatic rings. The molecule has 21 heavy (non-hydrogen) atoms. The number of hydrogen-bond acceptors (Lipinski definition) is 3. The van der Waals surface area contributed by atoms with E-state index in [0.717, 1.165) is 34.6 Å². The minimum Gasteiger partial charge on any atom is -0.497 e. The summed E-state index contributed by atoms with van der Waals surface area (Å²) in [5.74, 6) is 0.852. The summed E-state index contributed by atoms with van der Waals surface area (Å²) >= 11 is 0. The van der Waals surface area contributed by atoms with E-state index in [2.05, 4.69) is 37.2 Å². The molecule has 0 amide bonds. The molecule has 0 spiro atoms. The lowest BCUT2D eigenvalue weighted by Crippen LogP contribution is -2.12. The molecule has 3 rings (SSSR count). The lowest BCUT2D eigenvalue weighted by molar-refractivity contribution is 0.317. The second-order valence-electron chi connectivity index (χ2n) is 6.10. The van der Waals surface area contributed by atoms with E-state index in [4.69, 9.17) is 4.74 Å². The van der Waals surface area contributed by atoms with Crippen LogP contribution in [0.15, 0.2) is 47.6 Å². The zero-order chi connectivity index (χ0) is 15.0. The van der Waals surface area contributed by atoms with Crippen LogP contribution in [0.3, 0.4) is 0 Å². The van der Waals surface area contributed by atoms with Crippen molar-refractivity contribution in [3.63, 3.8) is 0 Å². The number of methoxy groups -OCH3 is 1. The monoisotopic (exact) mass is 281 g/mol. The molecule has 0 atom stereocenters. The normalized spacial score (nSPS) is 17.8. The van der Waals surface area contributed by atoms with Crippen LogP contribution >= 0.6 is 0 Å². The number of hydrogen-bond donors (Lipinski definition) is 1. The fourth-order valence-corrected chi connectivity index (χ4v) is 3.04. The Kier molecular flexibility index (Phi) is 3.20. The molecule has 2 aromatic carbocycles. The van der Waals surface area contributed by atoms with Crippen molar-refractivity contribution in [1.29, 1.82) is 0 Å². The van der Waals surface area contributed by atoms with Crippen LogP contribution in [-0.2, 0) is 5.41 Å². The summed E-state index contributed by atoms with van der Waals surface area (Å²) in [6.07, 6.45) is 0.764. The Labute approximate surface area is 124 Å². The molecule has 1 aliphatic rings. The first-order valence-corrected chi connectivity index (χ1v) is 7.05. The molecule has 3 heteroatoms. The molecular weight excluding hydrogens is 262 g/mol. The van der Waals surface area contributed by atoms with Crippen LogP contribution in [0.4, 0.5) is 0 Å². The van der Waals surface area contributed by atoms with E-state index < -0.39 is 0 Å². The second kappa shape index (κ2) is 4.92. The average molecular weight is 281 g/mol. The number of benzene rings is 2. The van der Waals surface area contributed by atoms with Gasteiger partial charge in [0.2, 0.25) is 0 Å². The number of oxime groups is 1. The highest BCUT2D eigenvalue weighted by molar-refractivity contribution is 6.06. The van der Waals surface area contributed by atoms with E-state index in [1.165, 1.54) is 5.56 Å². The van der Waals surface area contributed by atoms with Crippen LogP contribution in [0.25, 0.3) is 11.1 Å². The van der Waals surface area contributed by atoms with Crippen molar-refractivity contribution in [3.05, 3.63) is 53.6 Å². The van der Waals surface area contributed by atoms with Crippen LogP contribution in [0.1, 0.15) is 31.4 Å². The van der Waals surface area contributed by atoms with Crippen LogP contribution in [-0.4, -0.2) is 18.0 Å². The first kappa shape index (κ1) is 13.7. The topological polar surface area (TPSA) is 41.8 Å². The minimum atomic E-state index is -0.00816. The van der Waals surface area contributed by atoms with Gasteiger partial charge in [0.05, 0.1) is 12.8 Å². The van der Waals surface area contributed by atoms with Crippen LogP contribution in [0.5, 0.6) is 5.75 Å². The third kappa shape index (κ3) is 2.29. The third-order valence-corrected chi connectivity index (χ3v) is 4.19. The molecule has 0 aromatic heterocycles. The predicted molar refractivity (Wildman–Crippen MR) is 84.4 cm³/mol. The first-order valence-electron chi connectivity index (χ1n) is 7.05. The largest absolute Gasteiger partial charge is 0.497 e. The van der Waals surface area contributed by atoms with Gasteiger partial charge in [-0.3, -0.25) is 0 Å². The van der Waals surface area contributed by atoms with E-state index in [0.29, 0.717) is 0 Å². The van der Waals surface area contributed by atoms with Gasteiger partial charge in [-0.1, -0.05) is 43.3 Å². The highest BCUT2D eigenvalue weighted by Gasteiger charge is 2.34. The summed E-state index contributed by atoms with van der Waals surface area (Å²) in [6.45, 7) is 4.36. The van der Waals surface area contributed by atoms with E-state index >= 15 is 0 Å². The van der Waals surface area contributed by atoms with Gasteiger partial charge in [0, 0.05) is 12.0 Å². The highest BCUT2D eigenvalue weighted by atomic mass is 16.5. The first-order chi connectivity index (χ1) is 10.0. The van der Waals surface area contributed by atoms with Gasteiger partial charge in [-0.15, -0.1) is 0 Å². The molecule has 0 radical (unpaired) electrons. The van der Waals surface area contributed by atoms with Crippen molar-refractivity contribution < 1.29 is 9.94 Å². The molecule has 108 valence electrons. The van der Waals surface area contributed by atoms with E-state index in [1.807, 2.05) is 24.3 Å². The molecule has 1 aliphatic carbocycles. The quantitative estimate of drug-likeness (QED) is 0.661. The van der Waals surface area contributed by atoms with Gasteiger partial charge in [0.1, 0.15) is 5.75 Å². The lowest BCUT2D eigenvalue weighted by atomic mass is 9.85. The molecule has 0 unspecified atom stereocenters. The molecule has 0 saturated carbocycles. The summed E-state index contributed by atoms with van der Waals surface area (Å²) in [6, 6.07) is 14.4. The fraction of sp³-hybridized carbons (Fsp3) is 0.278. The Morgan fingerprint density at radius 1 is 1.10 bits per heavy atom. The third-order valence-electron chi connectivity index (χ3n) is 4.19. The standard InChI is InChI=1S/C18H19NO2/c1-18(2)11-17(19-20)15-8-7-13(10-16(15)18)12-5-4-6-14(9-12)21-3/h4-10,20H,11H2,1-3H3/b19-17+. The average Bonchev–Trinajstić information content (AvgIpc) is 2.78. The maximum Gasteiger partial charge on any atom is 0.119 e. The van der Waals surface area contributed by atoms with Gasteiger partial charge in [0.25, 0.3) is 0 Å². The molecule has 3 nitrogen and oxygen atoms in total. The highest BCUT2D eigenvalue weighted by Crippen LogP contribution is 2.40. The zero-order valence-electron chi connectivity index (χ0n) is 12.6. The molecule has 0 fully saturated rings. The van der Waals surface area contributed by atoms with Crippen LogP contribution in [0.2, 0.25) is 0 Å². The predicted octanol–water partition coefficient (Wildman–Crippen LogP) is 4.22. The van der Waals surface area contributed by atoms with Gasteiger partial charge in [-0.2, -0.15) is 0 Å². The number of nitrogens with zero attached hydrogens (tertiary/aromatic N) is 1. The van der Waals surface area contributed by atoms with Gasteiger partial charge in [-0.25, -0.2) is 0 Å². The van der Waals surface area contributed by atoms with Crippen LogP contribution < -0.4 is 4.74 Å². The van der Waals surface area contributed by atoms with Crippen molar-refractivity contribution in [2.75, 3.05) is 7.11 Å². The summed E-state index contributed by atoms with van der Waals surface area (Å²) in [5, 5.41) is 12.6. The molecular formula is C18H19NO2. The van der Waals surface area contributed by atoms with Crippen molar-refractivity contribution >= 4 is 5.71 Å². The number of fused-ring (bicyclic) bond motifs is 1. The number of ether oxygens (including phenoxy) is 1. The lowest BCUT2D eigenvalue weighted by Gasteiger charge is -2.19. The fourth-order valence-electron chi connectivity index (χ4n) is 3.04. The van der Waals surface area contributed by atoms with E-state index in [9.17, 15) is 5.21 Å². The summed E-state index contributed by atoms with van der Waals surface area (Å²) < 4.78 is 5.29. The molecule has 0 aliphatic heterocycles. The Morgan fingerprint density at radius 2 is 1.86 bits per heavy atom. The Bertz CT molecular complexity index is 717. The van der Waals surface area contributed by atoms with Gasteiger partial charge in [-0.05, 0) is 40.3 Å². The molecule has 1 N–H and O–H groups in total. The summed E-state index contributed by atoms with van der Waals surface area (Å²) in [7, 11) is 1.68. The zero-order valence-corrected chi connectivity index (χ0v) is 12.6. The van der Waals surface area contributed by atoms with E-state index in [1.54, 1.807) is 7.11 Å². The SMILES string of the molecule is COc1cccc(-c2ccc3c(c2)C(C)(C)C/C3=N\O)c1. The van der Waals surface area contributed by atoms with Crippen molar-refractivity contribution in [3.8, 4) is 16.9 Å². The van der Waals surface area contributed by atoms with Gasteiger partial charge >= 0.3 is 0 Å². The number of rotatable bonds is 2. The Morgan fingerprint density at radius 3 is 2.57 bits per heavy atom. The smallest absolute Gasteiger partial charge is 0.119 e. The van der Waals surface area contributed by atoms with Crippen LogP contribution in [0, 0.1) is 0 Å².